The third-order valence-corrected chi connectivity index (χ3v) is 4.27. The summed E-state index contributed by atoms with van der Waals surface area (Å²) >= 11 is 0. The van der Waals surface area contributed by atoms with Gasteiger partial charge in [-0.25, -0.2) is 0 Å². The predicted octanol–water partition coefficient (Wildman–Crippen LogP) is 4.00. The maximum Gasteiger partial charge on any atom is 0.165 e. The lowest BCUT2D eigenvalue weighted by Gasteiger charge is -2.29. The molecule has 1 heterocycles. The molecule has 0 unspecified atom stereocenters. The second-order valence-corrected chi connectivity index (χ2v) is 6.67. The topological polar surface area (TPSA) is 22.0 Å². The van der Waals surface area contributed by atoms with Gasteiger partial charge in [0.2, 0.25) is 0 Å². The molecule has 2 aromatic rings. The van der Waals surface area contributed by atoms with Gasteiger partial charge in [-0.1, -0.05) is 38.1 Å². The normalized spacial score (nSPS) is 17.1. The minimum absolute atomic E-state index is 0.0753. The highest BCUT2D eigenvalue weighted by Gasteiger charge is 2.32. The lowest BCUT2D eigenvalue weighted by molar-refractivity contribution is 0.0910. The Balaban J connectivity index is 1.98. The number of hydrogen-bond acceptors (Lipinski definition) is 1. The molecule has 1 aliphatic rings. The molecule has 0 aliphatic heterocycles. The summed E-state index contributed by atoms with van der Waals surface area (Å²) < 4.78 is 2.25. The van der Waals surface area contributed by atoms with E-state index in [1.165, 1.54) is 16.8 Å². The van der Waals surface area contributed by atoms with E-state index in [4.69, 9.17) is 0 Å². The number of fused-ring (bicyclic) bond motifs is 1. The molecule has 0 N–H and O–H groups in total. The molecule has 2 nitrogen and oxygen atoms in total. The molecule has 1 aromatic heterocycles. The van der Waals surface area contributed by atoms with Crippen LogP contribution in [-0.4, -0.2) is 10.4 Å². The van der Waals surface area contributed by atoms with E-state index in [9.17, 15) is 4.79 Å². The van der Waals surface area contributed by atoms with Crippen LogP contribution in [0.25, 0.3) is 0 Å². The van der Waals surface area contributed by atoms with Crippen LogP contribution in [0, 0.1) is 12.3 Å². The molecule has 0 radical (unpaired) electrons. The number of Topliss-reactive ketones (excluding diaryl/α,β-unsaturated/α-hetero) is 1. The number of carbonyl (C=O) groups is 1. The molecule has 2 heteroatoms. The number of carbonyl (C=O) groups excluding carboxylic acids is 1. The van der Waals surface area contributed by atoms with Crippen LogP contribution in [-0.2, 0) is 13.0 Å². The van der Waals surface area contributed by atoms with Gasteiger partial charge in [0.25, 0.3) is 0 Å². The number of ketones is 1. The van der Waals surface area contributed by atoms with E-state index in [0.717, 1.165) is 18.5 Å². The van der Waals surface area contributed by atoms with Crippen LogP contribution < -0.4 is 0 Å². The molecule has 0 atom stereocenters. The van der Waals surface area contributed by atoms with Crippen molar-refractivity contribution in [2.45, 2.75) is 40.2 Å². The molecule has 0 bridgehead atoms. The fourth-order valence-electron chi connectivity index (χ4n) is 3.12. The van der Waals surface area contributed by atoms with Crippen LogP contribution in [0.4, 0.5) is 0 Å². The minimum atomic E-state index is 0.0753. The van der Waals surface area contributed by atoms with Crippen molar-refractivity contribution < 1.29 is 4.79 Å². The molecular formula is C18H21NO. The zero-order valence-electron chi connectivity index (χ0n) is 12.4. The lowest BCUT2D eigenvalue weighted by atomic mass is 9.76. The Labute approximate surface area is 120 Å². The average Bonchev–Trinajstić information content (AvgIpc) is 2.74. The van der Waals surface area contributed by atoms with E-state index in [1.807, 2.05) is 6.07 Å². The summed E-state index contributed by atoms with van der Waals surface area (Å²) in [6.07, 6.45) is 3.71. The van der Waals surface area contributed by atoms with Gasteiger partial charge in [0.05, 0.1) is 0 Å². The fraction of sp³-hybridized carbons (Fsp3) is 0.389. The van der Waals surface area contributed by atoms with Gasteiger partial charge in [-0.05, 0) is 36.0 Å². The number of hydrogen-bond donors (Lipinski definition) is 0. The monoisotopic (exact) mass is 267 g/mol. The van der Waals surface area contributed by atoms with E-state index >= 15 is 0 Å². The second kappa shape index (κ2) is 4.62. The highest BCUT2D eigenvalue weighted by atomic mass is 16.1. The maximum absolute atomic E-state index is 12.2. The van der Waals surface area contributed by atoms with E-state index in [0.29, 0.717) is 12.2 Å². The van der Waals surface area contributed by atoms with E-state index in [2.05, 4.69) is 55.8 Å². The van der Waals surface area contributed by atoms with Gasteiger partial charge in [-0.3, -0.25) is 4.79 Å². The van der Waals surface area contributed by atoms with E-state index < -0.39 is 0 Å². The summed E-state index contributed by atoms with van der Waals surface area (Å²) in [5, 5.41) is 0. The van der Waals surface area contributed by atoms with Gasteiger partial charge in [0, 0.05) is 30.4 Å². The Morgan fingerprint density at radius 2 is 1.90 bits per heavy atom. The van der Waals surface area contributed by atoms with Crippen LogP contribution in [0.5, 0.6) is 0 Å². The summed E-state index contributed by atoms with van der Waals surface area (Å²) in [4.78, 5) is 12.2. The van der Waals surface area contributed by atoms with E-state index in [-0.39, 0.29) is 5.41 Å². The van der Waals surface area contributed by atoms with Crippen LogP contribution in [0.1, 0.15) is 47.4 Å². The summed E-state index contributed by atoms with van der Waals surface area (Å²) in [6.45, 7) is 7.35. The van der Waals surface area contributed by atoms with Gasteiger partial charge < -0.3 is 4.57 Å². The van der Waals surface area contributed by atoms with Crippen molar-refractivity contribution >= 4 is 5.78 Å². The van der Waals surface area contributed by atoms with Crippen LogP contribution in [0.3, 0.4) is 0 Å². The van der Waals surface area contributed by atoms with Crippen molar-refractivity contribution in [2.75, 3.05) is 0 Å². The van der Waals surface area contributed by atoms with Gasteiger partial charge in [0.15, 0.2) is 5.78 Å². The number of aromatic nitrogens is 1. The highest BCUT2D eigenvalue weighted by molar-refractivity contribution is 5.98. The number of benzene rings is 1. The Bertz CT molecular complexity index is 664. The summed E-state index contributed by atoms with van der Waals surface area (Å²) in [7, 11) is 0. The van der Waals surface area contributed by atoms with Crippen LogP contribution >= 0.6 is 0 Å². The zero-order chi connectivity index (χ0) is 14.3. The summed E-state index contributed by atoms with van der Waals surface area (Å²) in [6, 6.07) is 10.4. The van der Waals surface area contributed by atoms with E-state index in [1.54, 1.807) is 0 Å². The van der Waals surface area contributed by atoms with Crippen molar-refractivity contribution in [1.29, 1.82) is 0 Å². The number of rotatable bonds is 2. The fourth-order valence-corrected chi connectivity index (χ4v) is 3.12. The molecule has 1 aliphatic carbocycles. The SMILES string of the molecule is Cc1ccccc1Cn1ccc2c1CC(C)(C)CC2=O. The molecule has 0 spiro atoms. The van der Waals surface area contributed by atoms with Crippen molar-refractivity contribution in [2.24, 2.45) is 5.41 Å². The second-order valence-electron chi connectivity index (χ2n) is 6.67. The van der Waals surface area contributed by atoms with Gasteiger partial charge in [-0.15, -0.1) is 0 Å². The third kappa shape index (κ3) is 2.31. The molecule has 0 saturated carbocycles. The standard InChI is InChI=1S/C18H21NO/c1-13-6-4-5-7-14(13)12-19-9-8-15-16(19)10-18(2,3)11-17(15)20/h4-9H,10-12H2,1-3H3. The van der Waals surface area contributed by atoms with Gasteiger partial charge in [0.1, 0.15) is 0 Å². The van der Waals surface area contributed by atoms with Crippen LogP contribution in [0.2, 0.25) is 0 Å². The van der Waals surface area contributed by atoms with Gasteiger partial charge in [-0.2, -0.15) is 0 Å². The average molecular weight is 267 g/mol. The highest BCUT2D eigenvalue weighted by Crippen LogP contribution is 2.35. The Hall–Kier alpha value is -1.83. The molecular weight excluding hydrogens is 246 g/mol. The Morgan fingerprint density at radius 3 is 2.65 bits per heavy atom. The number of aryl methyl sites for hydroxylation is 1. The first-order chi connectivity index (χ1) is 9.46. The third-order valence-electron chi connectivity index (χ3n) is 4.27. The molecule has 20 heavy (non-hydrogen) atoms. The molecule has 0 fully saturated rings. The molecule has 104 valence electrons. The van der Waals surface area contributed by atoms with Crippen molar-refractivity contribution in [3.8, 4) is 0 Å². The molecule has 3 rings (SSSR count). The Kier molecular flexibility index (Phi) is 3.04. The first kappa shape index (κ1) is 13.2. The first-order valence-corrected chi connectivity index (χ1v) is 7.22. The lowest BCUT2D eigenvalue weighted by Crippen LogP contribution is -2.28. The van der Waals surface area contributed by atoms with Gasteiger partial charge >= 0.3 is 0 Å². The molecule has 1 aromatic carbocycles. The summed E-state index contributed by atoms with van der Waals surface area (Å²) in [5.41, 5.74) is 4.83. The first-order valence-electron chi connectivity index (χ1n) is 7.22. The maximum atomic E-state index is 12.2. The molecule has 0 saturated heterocycles. The Morgan fingerprint density at radius 1 is 1.15 bits per heavy atom. The zero-order valence-corrected chi connectivity index (χ0v) is 12.4. The van der Waals surface area contributed by atoms with Crippen molar-refractivity contribution in [1.82, 2.24) is 4.57 Å². The number of nitrogens with zero attached hydrogens (tertiary/aromatic N) is 1. The largest absolute Gasteiger partial charge is 0.346 e. The minimum Gasteiger partial charge on any atom is -0.346 e. The smallest absolute Gasteiger partial charge is 0.165 e. The quantitative estimate of drug-likeness (QED) is 0.806. The van der Waals surface area contributed by atoms with Crippen LogP contribution in [0.15, 0.2) is 36.5 Å². The van der Waals surface area contributed by atoms with Crippen molar-refractivity contribution in [3.63, 3.8) is 0 Å². The predicted molar refractivity (Wildman–Crippen MR) is 81.1 cm³/mol. The summed E-state index contributed by atoms with van der Waals surface area (Å²) in [5.74, 6) is 0.291. The van der Waals surface area contributed by atoms with Crippen molar-refractivity contribution in [3.05, 3.63) is 58.9 Å². The molecule has 0 amide bonds.